The second-order valence-corrected chi connectivity index (χ2v) is 8.19. The number of hydrogen-bond donors (Lipinski definition) is 3. The number of nitrogens with one attached hydrogen (secondary N) is 2. The molecule has 1 heterocycles. The van der Waals surface area contributed by atoms with E-state index < -0.39 is 27.9 Å². The quantitative estimate of drug-likeness (QED) is 0.560. The van der Waals surface area contributed by atoms with Gasteiger partial charge < -0.3 is 10.4 Å². The van der Waals surface area contributed by atoms with E-state index in [1.54, 1.807) is 12.1 Å². The first-order valence-electron chi connectivity index (χ1n) is 8.71. The molecule has 0 spiro atoms. The Kier molecular flexibility index (Phi) is 9.17. The summed E-state index contributed by atoms with van der Waals surface area (Å²) in [4.78, 5) is 23.2. The highest BCUT2D eigenvalue weighted by Gasteiger charge is 2.27. The molecule has 1 aliphatic rings. The molecule has 0 radical (unpaired) electrons. The highest BCUT2D eigenvalue weighted by molar-refractivity contribution is 7.89. The Morgan fingerprint density at radius 2 is 1.93 bits per heavy atom. The number of benzene rings is 1. The Morgan fingerprint density at radius 1 is 1.26 bits per heavy atom. The number of carbonyl (C=O) groups is 2. The third-order valence-electron chi connectivity index (χ3n) is 4.21. The van der Waals surface area contributed by atoms with Gasteiger partial charge in [-0.25, -0.2) is 8.42 Å². The van der Waals surface area contributed by atoms with Crippen molar-refractivity contribution in [1.29, 1.82) is 0 Å². The summed E-state index contributed by atoms with van der Waals surface area (Å²) in [7, 11) is -3.55. The van der Waals surface area contributed by atoms with Crippen molar-refractivity contribution in [3.63, 3.8) is 0 Å². The number of anilines is 1. The van der Waals surface area contributed by atoms with Gasteiger partial charge in [-0.3, -0.25) is 14.9 Å². The van der Waals surface area contributed by atoms with Gasteiger partial charge in [-0.05, 0) is 37.5 Å². The Morgan fingerprint density at radius 3 is 2.52 bits per heavy atom. The van der Waals surface area contributed by atoms with E-state index in [4.69, 9.17) is 5.11 Å². The summed E-state index contributed by atoms with van der Waals surface area (Å²) in [6.07, 6.45) is 2.81. The van der Waals surface area contributed by atoms with Crippen LogP contribution in [0.25, 0.3) is 0 Å². The van der Waals surface area contributed by atoms with Gasteiger partial charge in [-0.2, -0.15) is 4.31 Å². The number of carbonyl (C=O) groups excluding carboxylic acids is 1. The first kappa shape index (κ1) is 23.4. The number of sulfonamides is 1. The minimum absolute atomic E-state index is 0. The van der Waals surface area contributed by atoms with Gasteiger partial charge in [-0.1, -0.05) is 19.4 Å². The second-order valence-electron chi connectivity index (χ2n) is 6.25. The van der Waals surface area contributed by atoms with E-state index in [-0.39, 0.29) is 23.8 Å². The molecule has 1 aliphatic heterocycles. The van der Waals surface area contributed by atoms with E-state index in [1.165, 1.54) is 16.4 Å². The number of carboxylic acid groups (broad SMARTS) is 1. The molecular formula is C17H26ClN3O5S. The molecule has 152 valence electrons. The molecule has 27 heavy (non-hydrogen) atoms. The summed E-state index contributed by atoms with van der Waals surface area (Å²) in [6.45, 7) is 2.72. The lowest BCUT2D eigenvalue weighted by Gasteiger charge is -2.16. The number of hydrogen-bond acceptors (Lipinski definition) is 5. The summed E-state index contributed by atoms with van der Waals surface area (Å²) in [5, 5.41) is 14.4. The molecule has 8 nitrogen and oxygen atoms in total. The molecule has 1 unspecified atom stereocenters. The van der Waals surface area contributed by atoms with Crippen LogP contribution in [0.4, 0.5) is 5.69 Å². The largest absolute Gasteiger partial charge is 0.480 e. The average Bonchev–Trinajstić information content (AvgIpc) is 3.14. The topological polar surface area (TPSA) is 116 Å². The van der Waals surface area contributed by atoms with Crippen molar-refractivity contribution < 1.29 is 23.1 Å². The van der Waals surface area contributed by atoms with Gasteiger partial charge in [0.1, 0.15) is 6.04 Å². The molecule has 1 amide bonds. The predicted octanol–water partition coefficient (Wildman–Crippen LogP) is 1.67. The monoisotopic (exact) mass is 419 g/mol. The van der Waals surface area contributed by atoms with Crippen LogP contribution in [0.1, 0.15) is 32.6 Å². The Hall–Kier alpha value is -1.68. The first-order chi connectivity index (χ1) is 12.3. The first-order valence-corrected chi connectivity index (χ1v) is 10.1. The zero-order valence-corrected chi connectivity index (χ0v) is 16.8. The molecule has 2 rings (SSSR count). The van der Waals surface area contributed by atoms with Crippen LogP contribution in [-0.4, -0.2) is 55.4 Å². The minimum atomic E-state index is -3.55. The lowest BCUT2D eigenvalue weighted by molar-refractivity contribution is -0.139. The smallest absolute Gasteiger partial charge is 0.320 e. The van der Waals surface area contributed by atoms with E-state index in [0.29, 0.717) is 31.6 Å². The lowest BCUT2D eigenvalue weighted by atomic mass is 10.2. The summed E-state index contributed by atoms with van der Waals surface area (Å²) in [5.41, 5.74) is 0.361. The number of nitrogens with zero attached hydrogens (tertiary/aromatic N) is 1. The molecular weight excluding hydrogens is 394 g/mol. The average molecular weight is 420 g/mol. The van der Waals surface area contributed by atoms with Crippen LogP contribution in [-0.2, 0) is 19.6 Å². The second kappa shape index (κ2) is 10.6. The number of halogens is 1. The van der Waals surface area contributed by atoms with E-state index in [1.807, 2.05) is 6.92 Å². The summed E-state index contributed by atoms with van der Waals surface area (Å²) >= 11 is 0. The van der Waals surface area contributed by atoms with Crippen LogP contribution < -0.4 is 10.6 Å². The normalized spacial score (nSPS) is 15.7. The zero-order valence-electron chi connectivity index (χ0n) is 15.2. The standard InChI is InChI=1S/C17H25N3O5S.ClH/c1-2-6-15(17(22)23)18-12-16(21)19-13-7-5-8-14(11-13)26(24,25)20-9-3-4-10-20;/h5,7-8,11,15,18H,2-4,6,9-10,12H2,1H3,(H,19,21)(H,22,23);1H. The highest BCUT2D eigenvalue weighted by atomic mass is 35.5. The van der Waals surface area contributed by atoms with Gasteiger partial charge in [0.15, 0.2) is 0 Å². The Labute approximate surface area is 165 Å². The summed E-state index contributed by atoms with van der Waals surface area (Å²) in [5.74, 6) is -1.43. The number of carboxylic acids is 1. The van der Waals surface area contributed by atoms with Crippen LogP contribution >= 0.6 is 12.4 Å². The van der Waals surface area contributed by atoms with Gasteiger partial charge >= 0.3 is 5.97 Å². The molecule has 0 saturated carbocycles. The third kappa shape index (κ3) is 6.46. The van der Waals surface area contributed by atoms with Gasteiger partial charge in [0.2, 0.25) is 15.9 Å². The molecule has 1 aromatic carbocycles. The van der Waals surface area contributed by atoms with Crippen LogP contribution in [0.3, 0.4) is 0 Å². The molecule has 3 N–H and O–H groups in total. The van der Waals surface area contributed by atoms with E-state index in [0.717, 1.165) is 12.8 Å². The fourth-order valence-electron chi connectivity index (χ4n) is 2.83. The maximum atomic E-state index is 12.6. The maximum Gasteiger partial charge on any atom is 0.320 e. The molecule has 0 aliphatic carbocycles. The Bertz CT molecular complexity index is 751. The van der Waals surface area contributed by atoms with Crippen LogP contribution in [0, 0.1) is 0 Å². The van der Waals surface area contributed by atoms with Crippen LogP contribution in [0.15, 0.2) is 29.2 Å². The number of rotatable bonds is 9. The van der Waals surface area contributed by atoms with Crippen LogP contribution in [0.2, 0.25) is 0 Å². The third-order valence-corrected chi connectivity index (χ3v) is 6.10. The SMILES string of the molecule is CCCC(NCC(=O)Nc1cccc(S(=O)(=O)N2CCCC2)c1)C(=O)O.Cl. The fraction of sp³-hybridized carbons (Fsp3) is 0.529. The molecule has 10 heteroatoms. The van der Waals surface area contributed by atoms with Gasteiger partial charge in [0, 0.05) is 18.8 Å². The minimum Gasteiger partial charge on any atom is -0.480 e. The zero-order chi connectivity index (χ0) is 19.2. The summed E-state index contributed by atoms with van der Waals surface area (Å²) in [6, 6.07) is 5.31. The van der Waals surface area contributed by atoms with Gasteiger partial charge in [0.05, 0.1) is 11.4 Å². The molecule has 1 fully saturated rings. The molecule has 0 bridgehead atoms. The van der Waals surface area contributed by atoms with Crippen molar-refractivity contribution >= 4 is 40.0 Å². The van der Waals surface area contributed by atoms with Crippen molar-refractivity contribution in [3.05, 3.63) is 24.3 Å². The fourth-order valence-corrected chi connectivity index (χ4v) is 4.40. The van der Waals surface area contributed by atoms with E-state index in [9.17, 15) is 18.0 Å². The lowest BCUT2D eigenvalue weighted by Crippen LogP contribution is -2.41. The predicted molar refractivity (Wildman–Crippen MR) is 105 cm³/mol. The van der Waals surface area contributed by atoms with Gasteiger partial charge in [-0.15, -0.1) is 12.4 Å². The Balaban J connectivity index is 0.00000364. The van der Waals surface area contributed by atoms with E-state index >= 15 is 0 Å². The van der Waals surface area contributed by atoms with Crippen molar-refractivity contribution in [1.82, 2.24) is 9.62 Å². The maximum absolute atomic E-state index is 12.6. The van der Waals surface area contributed by atoms with Gasteiger partial charge in [0.25, 0.3) is 0 Å². The van der Waals surface area contributed by atoms with Crippen molar-refractivity contribution in [2.24, 2.45) is 0 Å². The molecule has 1 atom stereocenters. The van der Waals surface area contributed by atoms with Crippen molar-refractivity contribution in [3.8, 4) is 0 Å². The number of amides is 1. The molecule has 1 saturated heterocycles. The number of aliphatic carboxylic acids is 1. The van der Waals surface area contributed by atoms with Crippen molar-refractivity contribution in [2.75, 3.05) is 25.0 Å². The summed E-state index contributed by atoms with van der Waals surface area (Å²) < 4.78 is 26.6. The van der Waals surface area contributed by atoms with Crippen molar-refractivity contribution in [2.45, 2.75) is 43.5 Å². The van der Waals surface area contributed by atoms with Crippen LogP contribution in [0.5, 0.6) is 0 Å². The highest BCUT2D eigenvalue weighted by Crippen LogP contribution is 2.23. The molecule has 1 aromatic rings. The van der Waals surface area contributed by atoms with E-state index in [2.05, 4.69) is 10.6 Å². The molecule has 0 aromatic heterocycles.